The van der Waals surface area contributed by atoms with Crippen LogP contribution < -0.4 is 10.2 Å². The van der Waals surface area contributed by atoms with E-state index in [-0.39, 0.29) is 35.2 Å². The first kappa shape index (κ1) is 20.9. The average Bonchev–Trinajstić information content (AvgIpc) is 3.18. The zero-order valence-electron chi connectivity index (χ0n) is 17.0. The zero-order chi connectivity index (χ0) is 21.3. The minimum Gasteiger partial charge on any atom is -0.325 e. The first-order valence-electron chi connectivity index (χ1n) is 10.0. The third-order valence-electron chi connectivity index (χ3n) is 5.42. The molecular formula is C22H25N3O3S2. The number of rotatable bonds is 5. The maximum atomic E-state index is 12.6. The number of para-hydroxylation sites is 1. The molecule has 0 aliphatic carbocycles. The van der Waals surface area contributed by atoms with E-state index in [9.17, 15) is 13.2 Å². The molecule has 2 aromatic rings. The van der Waals surface area contributed by atoms with Crippen LogP contribution in [0.5, 0.6) is 0 Å². The molecule has 0 bridgehead atoms. The van der Waals surface area contributed by atoms with Crippen molar-refractivity contribution in [3.8, 4) is 0 Å². The maximum Gasteiger partial charge on any atom is 0.234 e. The van der Waals surface area contributed by atoms with Gasteiger partial charge in [0, 0.05) is 11.4 Å². The van der Waals surface area contributed by atoms with E-state index in [4.69, 9.17) is 0 Å². The monoisotopic (exact) mass is 443 g/mol. The van der Waals surface area contributed by atoms with Crippen molar-refractivity contribution in [2.75, 3.05) is 27.5 Å². The van der Waals surface area contributed by atoms with Crippen molar-refractivity contribution < 1.29 is 13.2 Å². The standard InChI is InChI=1S/C22H25N3O3S2/c1-3-16-6-4-5-7-18(16)23-21(26)12-29-22-24-19-13-30(27,28)14-20(19)25(22)17-10-8-15(2)9-11-17/h4-11,19-20H,3,12-14H2,1-2H3,(H,23,26)/t19-,20+/m1/s1. The number of amides is 1. The van der Waals surface area contributed by atoms with Crippen LogP contribution in [0.2, 0.25) is 0 Å². The van der Waals surface area contributed by atoms with Gasteiger partial charge in [-0.25, -0.2) is 8.42 Å². The van der Waals surface area contributed by atoms with E-state index in [1.165, 1.54) is 11.8 Å². The van der Waals surface area contributed by atoms with Crippen LogP contribution in [0.4, 0.5) is 11.4 Å². The molecule has 0 saturated carbocycles. The van der Waals surface area contributed by atoms with E-state index in [1.54, 1.807) is 0 Å². The number of aryl methyl sites for hydroxylation is 2. The number of sulfone groups is 1. The van der Waals surface area contributed by atoms with Crippen LogP contribution in [0.3, 0.4) is 0 Å². The summed E-state index contributed by atoms with van der Waals surface area (Å²) in [4.78, 5) is 19.3. The summed E-state index contributed by atoms with van der Waals surface area (Å²) < 4.78 is 24.3. The average molecular weight is 444 g/mol. The minimum atomic E-state index is -3.09. The lowest BCUT2D eigenvalue weighted by Gasteiger charge is -2.26. The van der Waals surface area contributed by atoms with Gasteiger partial charge in [-0.2, -0.15) is 0 Å². The van der Waals surface area contributed by atoms with Gasteiger partial charge < -0.3 is 10.2 Å². The van der Waals surface area contributed by atoms with E-state index in [0.717, 1.165) is 28.9 Å². The Morgan fingerprint density at radius 2 is 1.90 bits per heavy atom. The molecule has 2 atom stereocenters. The predicted octanol–water partition coefficient (Wildman–Crippen LogP) is 3.27. The van der Waals surface area contributed by atoms with Crippen LogP contribution in [0, 0.1) is 6.92 Å². The molecule has 2 aliphatic rings. The second-order valence-corrected chi connectivity index (χ2v) is 10.8. The lowest BCUT2D eigenvalue weighted by Crippen LogP contribution is -2.39. The van der Waals surface area contributed by atoms with Crippen LogP contribution in [-0.4, -0.2) is 48.8 Å². The van der Waals surface area contributed by atoms with Crippen molar-refractivity contribution in [2.24, 2.45) is 4.99 Å². The highest BCUT2D eigenvalue weighted by atomic mass is 32.2. The fourth-order valence-electron chi connectivity index (χ4n) is 3.91. The Balaban J connectivity index is 1.50. The zero-order valence-corrected chi connectivity index (χ0v) is 18.7. The van der Waals surface area contributed by atoms with Gasteiger partial charge in [0.2, 0.25) is 5.91 Å². The smallest absolute Gasteiger partial charge is 0.234 e. The maximum absolute atomic E-state index is 12.6. The SMILES string of the molecule is CCc1ccccc1NC(=O)CSC1=N[C@@H]2CS(=O)(=O)C[C@@H]2N1c1ccc(C)cc1. The number of thioether (sulfide) groups is 1. The predicted molar refractivity (Wildman–Crippen MR) is 124 cm³/mol. The van der Waals surface area contributed by atoms with Gasteiger partial charge in [0.1, 0.15) is 0 Å². The molecule has 0 unspecified atom stereocenters. The third kappa shape index (κ3) is 4.39. The first-order chi connectivity index (χ1) is 14.4. The van der Waals surface area contributed by atoms with Crippen molar-refractivity contribution in [3.63, 3.8) is 0 Å². The van der Waals surface area contributed by atoms with Gasteiger partial charge >= 0.3 is 0 Å². The number of fused-ring (bicyclic) bond motifs is 1. The highest BCUT2D eigenvalue weighted by Crippen LogP contribution is 2.35. The van der Waals surface area contributed by atoms with E-state index in [1.807, 2.05) is 60.4 Å². The van der Waals surface area contributed by atoms with Crippen LogP contribution in [0.15, 0.2) is 53.5 Å². The number of anilines is 2. The number of amidine groups is 1. The first-order valence-corrected chi connectivity index (χ1v) is 12.8. The van der Waals surface area contributed by atoms with Gasteiger partial charge in [0.25, 0.3) is 0 Å². The lowest BCUT2D eigenvalue weighted by atomic mass is 10.1. The molecule has 6 nitrogen and oxygen atoms in total. The Kier molecular flexibility index (Phi) is 5.88. The number of aliphatic imine (C=N–C) groups is 1. The van der Waals surface area contributed by atoms with Crippen LogP contribution >= 0.6 is 11.8 Å². The van der Waals surface area contributed by atoms with Gasteiger partial charge in [0.15, 0.2) is 15.0 Å². The van der Waals surface area contributed by atoms with Gasteiger partial charge in [-0.3, -0.25) is 9.79 Å². The highest BCUT2D eigenvalue weighted by Gasteiger charge is 2.47. The number of hydrogen-bond donors (Lipinski definition) is 1. The second-order valence-electron chi connectivity index (χ2n) is 7.68. The van der Waals surface area contributed by atoms with E-state index >= 15 is 0 Å². The molecule has 2 aromatic carbocycles. The summed E-state index contributed by atoms with van der Waals surface area (Å²) in [6.07, 6.45) is 0.843. The molecule has 1 saturated heterocycles. The summed E-state index contributed by atoms with van der Waals surface area (Å²) in [5.74, 6) is 0.276. The number of nitrogens with zero attached hydrogens (tertiary/aromatic N) is 2. The van der Waals surface area contributed by atoms with Crippen LogP contribution in [0.25, 0.3) is 0 Å². The Bertz CT molecular complexity index is 1080. The van der Waals surface area contributed by atoms with Crippen molar-refractivity contribution in [2.45, 2.75) is 32.4 Å². The number of carbonyl (C=O) groups excluding carboxylic acids is 1. The van der Waals surface area contributed by atoms with Crippen molar-refractivity contribution in [1.82, 2.24) is 0 Å². The van der Waals surface area contributed by atoms with Gasteiger partial charge in [-0.05, 0) is 37.1 Å². The highest BCUT2D eigenvalue weighted by molar-refractivity contribution is 8.14. The van der Waals surface area contributed by atoms with Crippen LogP contribution in [0.1, 0.15) is 18.1 Å². The third-order valence-corrected chi connectivity index (χ3v) is 8.09. The second kappa shape index (κ2) is 8.43. The Labute approximate surface area is 181 Å². The molecule has 8 heteroatoms. The van der Waals surface area contributed by atoms with E-state index in [2.05, 4.69) is 17.2 Å². The quantitative estimate of drug-likeness (QED) is 0.767. The summed E-state index contributed by atoms with van der Waals surface area (Å²) in [6.45, 7) is 4.07. The van der Waals surface area contributed by atoms with Crippen molar-refractivity contribution in [1.29, 1.82) is 0 Å². The molecule has 30 heavy (non-hydrogen) atoms. The molecule has 4 rings (SSSR count). The summed E-state index contributed by atoms with van der Waals surface area (Å²) in [5, 5.41) is 3.69. The molecule has 1 fully saturated rings. The topological polar surface area (TPSA) is 78.8 Å². The van der Waals surface area contributed by atoms with Crippen molar-refractivity contribution >= 4 is 44.0 Å². The van der Waals surface area contributed by atoms with Crippen LogP contribution in [-0.2, 0) is 21.1 Å². The Morgan fingerprint density at radius 3 is 2.63 bits per heavy atom. The van der Waals surface area contributed by atoms with Gasteiger partial charge in [0.05, 0.1) is 29.3 Å². The molecule has 1 N–H and O–H groups in total. The molecule has 2 heterocycles. The molecule has 2 aliphatic heterocycles. The summed E-state index contributed by atoms with van der Waals surface area (Å²) in [6, 6.07) is 15.3. The number of hydrogen-bond acceptors (Lipinski definition) is 6. The molecule has 0 spiro atoms. The number of benzene rings is 2. The minimum absolute atomic E-state index is 0.0696. The normalized spacial score (nSPS) is 21.9. The number of nitrogens with one attached hydrogen (secondary N) is 1. The summed E-state index contributed by atoms with van der Waals surface area (Å²) in [7, 11) is -3.09. The summed E-state index contributed by atoms with van der Waals surface area (Å²) >= 11 is 1.36. The molecule has 1 amide bonds. The molecule has 0 aromatic heterocycles. The molecular weight excluding hydrogens is 418 g/mol. The summed E-state index contributed by atoms with van der Waals surface area (Å²) in [5.41, 5.74) is 3.97. The molecule has 158 valence electrons. The van der Waals surface area contributed by atoms with Crippen molar-refractivity contribution in [3.05, 3.63) is 59.7 Å². The number of carbonyl (C=O) groups is 1. The van der Waals surface area contributed by atoms with E-state index in [0.29, 0.717) is 5.17 Å². The lowest BCUT2D eigenvalue weighted by molar-refractivity contribution is -0.113. The Morgan fingerprint density at radius 1 is 1.17 bits per heavy atom. The fourth-order valence-corrected chi connectivity index (χ4v) is 6.67. The Hall–Kier alpha value is -2.32. The van der Waals surface area contributed by atoms with Gasteiger partial charge in [-0.1, -0.05) is 54.6 Å². The van der Waals surface area contributed by atoms with Gasteiger partial charge in [-0.15, -0.1) is 0 Å². The van der Waals surface area contributed by atoms with E-state index < -0.39 is 9.84 Å². The largest absolute Gasteiger partial charge is 0.325 e. The molecule has 0 radical (unpaired) electrons. The fraction of sp³-hybridized carbons (Fsp3) is 0.364.